The van der Waals surface area contributed by atoms with Crippen LogP contribution in [0.2, 0.25) is 0 Å². The molecule has 4 N–H and O–H groups in total. The van der Waals surface area contributed by atoms with Crippen LogP contribution in [0.1, 0.15) is 19.0 Å². The molecule has 2 atom stereocenters. The van der Waals surface area contributed by atoms with Crippen LogP contribution in [0.25, 0.3) is 0 Å². The maximum absolute atomic E-state index is 9.54. The van der Waals surface area contributed by atoms with Crippen molar-refractivity contribution < 1.29 is 10.3 Å². The number of nitrogens with zero attached hydrogens (tertiary/aromatic N) is 4. The average Bonchev–Trinajstić information content (AvgIpc) is 2.88. The van der Waals surface area contributed by atoms with Crippen LogP contribution in [0.3, 0.4) is 0 Å². The van der Waals surface area contributed by atoms with Crippen molar-refractivity contribution in [1.29, 1.82) is 0 Å². The molecule has 7 heteroatoms. The zero-order valence-corrected chi connectivity index (χ0v) is 10.2. The quantitative estimate of drug-likeness (QED) is 0.296. The molecule has 1 aliphatic heterocycles. The van der Waals surface area contributed by atoms with E-state index in [1.165, 1.54) is 6.20 Å². The Morgan fingerprint density at radius 1 is 1.56 bits per heavy atom. The number of amidine groups is 1. The SMILES string of the molecule is CC(O)C1CCN(c2cnc(C(N)=NO)cn2)C1. The average molecular weight is 251 g/mol. The van der Waals surface area contributed by atoms with Crippen molar-refractivity contribution in [2.24, 2.45) is 16.8 Å². The van der Waals surface area contributed by atoms with E-state index < -0.39 is 0 Å². The first-order valence-corrected chi connectivity index (χ1v) is 5.84. The van der Waals surface area contributed by atoms with Gasteiger partial charge in [0.2, 0.25) is 0 Å². The molecule has 2 rings (SSSR count). The summed E-state index contributed by atoms with van der Waals surface area (Å²) in [5.41, 5.74) is 5.75. The van der Waals surface area contributed by atoms with E-state index in [9.17, 15) is 5.11 Å². The van der Waals surface area contributed by atoms with Crippen LogP contribution in [0.15, 0.2) is 17.5 Å². The van der Waals surface area contributed by atoms with Gasteiger partial charge < -0.3 is 20.9 Å². The van der Waals surface area contributed by atoms with E-state index in [2.05, 4.69) is 20.0 Å². The van der Waals surface area contributed by atoms with Gasteiger partial charge in [-0.15, -0.1) is 0 Å². The lowest BCUT2D eigenvalue weighted by Gasteiger charge is -2.18. The first-order valence-electron chi connectivity index (χ1n) is 5.84. The van der Waals surface area contributed by atoms with E-state index in [-0.39, 0.29) is 17.9 Å². The number of nitrogens with two attached hydrogens (primary N) is 1. The van der Waals surface area contributed by atoms with Gasteiger partial charge >= 0.3 is 0 Å². The molecular formula is C11H17N5O2. The lowest BCUT2D eigenvalue weighted by Crippen LogP contribution is -2.25. The molecule has 0 aliphatic carbocycles. The van der Waals surface area contributed by atoms with Crippen LogP contribution in [0, 0.1) is 5.92 Å². The minimum absolute atomic E-state index is 0.0580. The first kappa shape index (κ1) is 12.6. The van der Waals surface area contributed by atoms with Gasteiger partial charge in [0, 0.05) is 19.0 Å². The third-order valence-electron chi connectivity index (χ3n) is 3.24. The van der Waals surface area contributed by atoms with Crippen LogP contribution in [-0.2, 0) is 0 Å². The predicted octanol–water partition coefficient (Wildman–Crippen LogP) is -0.222. The van der Waals surface area contributed by atoms with Crippen LogP contribution >= 0.6 is 0 Å². The van der Waals surface area contributed by atoms with Crippen molar-refractivity contribution in [3.05, 3.63) is 18.1 Å². The summed E-state index contributed by atoms with van der Waals surface area (Å²) in [5.74, 6) is 0.959. The number of oxime groups is 1. The number of aliphatic hydroxyl groups is 1. The Labute approximate surface area is 105 Å². The molecule has 98 valence electrons. The Hall–Kier alpha value is -1.89. The number of rotatable bonds is 3. The molecule has 0 spiro atoms. The maximum atomic E-state index is 9.54. The van der Waals surface area contributed by atoms with Gasteiger partial charge in [-0.3, -0.25) is 0 Å². The second-order valence-corrected chi connectivity index (χ2v) is 4.48. The molecule has 1 aromatic heterocycles. The second-order valence-electron chi connectivity index (χ2n) is 4.48. The van der Waals surface area contributed by atoms with Gasteiger partial charge in [-0.05, 0) is 13.3 Å². The fraction of sp³-hybridized carbons (Fsp3) is 0.545. The van der Waals surface area contributed by atoms with Gasteiger partial charge in [-0.1, -0.05) is 5.16 Å². The predicted molar refractivity (Wildman–Crippen MR) is 66.5 cm³/mol. The fourth-order valence-electron chi connectivity index (χ4n) is 2.06. The number of aliphatic hydroxyl groups excluding tert-OH is 1. The second kappa shape index (κ2) is 5.18. The van der Waals surface area contributed by atoms with Crippen molar-refractivity contribution in [1.82, 2.24) is 9.97 Å². The summed E-state index contributed by atoms with van der Waals surface area (Å²) in [7, 11) is 0. The number of anilines is 1. The van der Waals surface area contributed by atoms with Gasteiger partial charge in [0.25, 0.3) is 0 Å². The van der Waals surface area contributed by atoms with E-state index in [1.807, 2.05) is 0 Å². The fourth-order valence-corrected chi connectivity index (χ4v) is 2.06. The molecule has 1 aliphatic rings. The van der Waals surface area contributed by atoms with Crippen LogP contribution in [0.5, 0.6) is 0 Å². The summed E-state index contributed by atoms with van der Waals surface area (Å²) < 4.78 is 0. The highest BCUT2D eigenvalue weighted by Crippen LogP contribution is 2.23. The molecule has 0 bridgehead atoms. The van der Waals surface area contributed by atoms with E-state index in [0.717, 1.165) is 25.3 Å². The molecular weight excluding hydrogens is 234 g/mol. The number of hydrogen-bond donors (Lipinski definition) is 3. The van der Waals surface area contributed by atoms with Crippen molar-refractivity contribution in [2.45, 2.75) is 19.4 Å². The molecule has 7 nitrogen and oxygen atoms in total. The molecule has 0 amide bonds. The van der Waals surface area contributed by atoms with Crippen molar-refractivity contribution in [2.75, 3.05) is 18.0 Å². The van der Waals surface area contributed by atoms with Gasteiger partial charge in [-0.25, -0.2) is 9.97 Å². The number of hydrogen-bond acceptors (Lipinski definition) is 6. The van der Waals surface area contributed by atoms with Crippen LogP contribution < -0.4 is 10.6 Å². The van der Waals surface area contributed by atoms with Crippen LogP contribution in [0.4, 0.5) is 5.82 Å². The third kappa shape index (κ3) is 2.51. The van der Waals surface area contributed by atoms with Gasteiger partial charge in [0.05, 0.1) is 18.5 Å². The molecule has 1 fully saturated rings. The van der Waals surface area contributed by atoms with Crippen molar-refractivity contribution in [3.8, 4) is 0 Å². The molecule has 18 heavy (non-hydrogen) atoms. The summed E-state index contributed by atoms with van der Waals surface area (Å²) >= 11 is 0. The Bertz CT molecular complexity index is 432. The summed E-state index contributed by atoms with van der Waals surface area (Å²) in [6.45, 7) is 3.43. The summed E-state index contributed by atoms with van der Waals surface area (Å²) in [6, 6.07) is 0. The Balaban J connectivity index is 2.07. The van der Waals surface area contributed by atoms with Gasteiger partial charge in [0.1, 0.15) is 11.5 Å². The normalized spacial score (nSPS) is 22.2. The highest BCUT2D eigenvalue weighted by molar-refractivity contribution is 5.94. The molecule has 2 heterocycles. The summed E-state index contributed by atoms with van der Waals surface area (Å²) in [4.78, 5) is 10.4. The zero-order chi connectivity index (χ0) is 13.1. The van der Waals surface area contributed by atoms with Gasteiger partial charge in [0.15, 0.2) is 5.84 Å². The topological polar surface area (TPSA) is 108 Å². The number of aromatic nitrogens is 2. The van der Waals surface area contributed by atoms with Gasteiger partial charge in [-0.2, -0.15) is 0 Å². The molecule has 1 aromatic rings. The van der Waals surface area contributed by atoms with Crippen molar-refractivity contribution in [3.63, 3.8) is 0 Å². The largest absolute Gasteiger partial charge is 0.409 e. The van der Waals surface area contributed by atoms with E-state index in [4.69, 9.17) is 10.9 Å². The summed E-state index contributed by atoms with van der Waals surface area (Å²) in [6.07, 6.45) is 3.71. The Morgan fingerprint density at radius 2 is 2.33 bits per heavy atom. The van der Waals surface area contributed by atoms with Crippen LogP contribution in [-0.4, -0.2) is 45.3 Å². The van der Waals surface area contributed by atoms with Crippen molar-refractivity contribution >= 4 is 11.7 Å². The minimum atomic E-state index is -0.306. The highest BCUT2D eigenvalue weighted by Gasteiger charge is 2.26. The standard InChI is InChI=1S/C11H17N5O2/c1-7(17)8-2-3-16(6-8)10-5-13-9(4-14-10)11(12)15-18/h4-5,7-8,17-18H,2-3,6H2,1H3,(H2,12,15). The third-order valence-corrected chi connectivity index (χ3v) is 3.24. The summed E-state index contributed by atoms with van der Waals surface area (Å²) in [5, 5.41) is 20.9. The molecule has 0 saturated carbocycles. The highest BCUT2D eigenvalue weighted by atomic mass is 16.4. The molecule has 2 unspecified atom stereocenters. The zero-order valence-electron chi connectivity index (χ0n) is 10.2. The van der Waals surface area contributed by atoms with E-state index in [0.29, 0.717) is 5.69 Å². The lowest BCUT2D eigenvalue weighted by atomic mass is 10.0. The first-order chi connectivity index (χ1) is 8.61. The van der Waals surface area contributed by atoms with E-state index >= 15 is 0 Å². The lowest BCUT2D eigenvalue weighted by molar-refractivity contribution is 0.136. The molecule has 0 radical (unpaired) electrons. The minimum Gasteiger partial charge on any atom is -0.409 e. The van der Waals surface area contributed by atoms with E-state index in [1.54, 1.807) is 13.1 Å². The monoisotopic (exact) mass is 251 g/mol. The molecule has 1 saturated heterocycles. The Morgan fingerprint density at radius 3 is 2.83 bits per heavy atom. The smallest absolute Gasteiger partial charge is 0.190 e. The Kier molecular flexibility index (Phi) is 3.61. The maximum Gasteiger partial charge on any atom is 0.190 e. The molecule has 0 aromatic carbocycles.